The molecule has 0 radical (unpaired) electrons. The summed E-state index contributed by atoms with van der Waals surface area (Å²) in [4.78, 5) is 0. The van der Waals surface area contributed by atoms with Gasteiger partial charge in [-0.25, -0.2) is 0 Å². The first-order chi connectivity index (χ1) is 8.49. The summed E-state index contributed by atoms with van der Waals surface area (Å²) in [5, 5.41) is 3.63. The number of ether oxygens (including phenoxy) is 2. The third-order valence-corrected chi connectivity index (χ3v) is 5.78. The highest BCUT2D eigenvalue weighted by molar-refractivity contribution is 5.21. The SMILES string of the molecule is COC1CC(NCC2(N)C3CCOC3C2(C)C)C1. The van der Waals surface area contributed by atoms with Crippen LogP contribution < -0.4 is 11.1 Å². The average molecular weight is 254 g/mol. The summed E-state index contributed by atoms with van der Waals surface area (Å²) in [5.41, 5.74) is 6.67. The van der Waals surface area contributed by atoms with Gasteiger partial charge >= 0.3 is 0 Å². The second-order valence-corrected chi connectivity index (χ2v) is 6.86. The van der Waals surface area contributed by atoms with Crippen LogP contribution in [0.2, 0.25) is 0 Å². The van der Waals surface area contributed by atoms with Gasteiger partial charge in [0.25, 0.3) is 0 Å². The van der Waals surface area contributed by atoms with Gasteiger partial charge in [-0.3, -0.25) is 0 Å². The van der Waals surface area contributed by atoms with Crippen molar-refractivity contribution < 1.29 is 9.47 Å². The third kappa shape index (κ3) is 1.59. The summed E-state index contributed by atoms with van der Waals surface area (Å²) >= 11 is 0. The van der Waals surface area contributed by atoms with Crippen LogP contribution in [0.25, 0.3) is 0 Å². The van der Waals surface area contributed by atoms with E-state index in [0.29, 0.717) is 24.2 Å². The predicted octanol–water partition coefficient (Wildman–Crippen LogP) is 0.896. The fourth-order valence-corrected chi connectivity index (χ4v) is 4.07. The molecule has 0 aromatic rings. The minimum atomic E-state index is -0.105. The van der Waals surface area contributed by atoms with Crippen molar-refractivity contribution in [1.82, 2.24) is 5.32 Å². The molecule has 0 bridgehead atoms. The lowest BCUT2D eigenvalue weighted by Crippen LogP contribution is -2.78. The lowest BCUT2D eigenvalue weighted by atomic mass is 9.48. The summed E-state index contributed by atoms with van der Waals surface area (Å²) in [7, 11) is 1.79. The van der Waals surface area contributed by atoms with Gasteiger partial charge in [-0.05, 0) is 19.3 Å². The molecule has 3 unspecified atom stereocenters. The number of hydrogen-bond donors (Lipinski definition) is 2. The molecule has 1 heterocycles. The van der Waals surface area contributed by atoms with E-state index in [0.717, 1.165) is 32.4 Å². The lowest BCUT2D eigenvalue weighted by Gasteiger charge is -2.63. The number of fused-ring (bicyclic) bond motifs is 1. The molecule has 3 rings (SSSR count). The van der Waals surface area contributed by atoms with Crippen LogP contribution in [0.15, 0.2) is 0 Å². The zero-order valence-corrected chi connectivity index (χ0v) is 11.7. The molecule has 0 amide bonds. The molecular weight excluding hydrogens is 228 g/mol. The van der Waals surface area contributed by atoms with Crippen molar-refractivity contribution in [3.63, 3.8) is 0 Å². The van der Waals surface area contributed by atoms with E-state index in [1.165, 1.54) is 0 Å². The van der Waals surface area contributed by atoms with E-state index in [2.05, 4.69) is 19.2 Å². The molecule has 4 heteroatoms. The molecule has 4 nitrogen and oxygen atoms in total. The van der Waals surface area contributed by atoms with Gasteiger partial charge < -0.3 is 20.5 Å². The van der Waals surface area contributed by atoms with E-state index in [1.54, 1.807) is 7.11 Å². The highest BCUT2D eigenvalue weighted by Crippen LogP contribution is 2.57. The largest absolute Gasteiger partial charge is 0.381 e. The van der Waals surface area contributed by atoms with Crippen molar-refractivity contribution >= 4 is 0 Å². The normalized spacial score (nSPS) is 49.3. The van der Waals surface area contributed by atoms with Crippen LogP contribution in [0.3, 0.4) is 0 Å². The van der Waals surface area contributed by atoms with Crippen LogP contribution in [-0.4, -0.2) is 44.1 Å². The molecule has 2 saturated carbocycles. The van der Waals surface area contributed by atoms with Crippen molar-refractivity contribution in [2.24, 2.45) is 17.1 Å². The molecular formula is C14H26N2O2. The quantitative estimate of drug-likeness (QED) is 0.782. The highest BCUT2D eigenvalue weighted by Gasteiger charge is 2.67. The van der Waals surface area contributed by atoms with E-state index >= 15 is 0 Å². The van der Waals surface area contributed by atoms with E-state index < -0.39 is 0 Å². The van der Waals surface area contributed by atoms with Crippen molar-refractivity contribution in [3.8, 4) is 0 Å². The number of methoxy groups -OCH3 is 1. The lowest BCUT2D eigenvalue weighted by molar-refractivity contribution is -0.155. The smallest absolute Gasteiger partial charge is 0.0691 e. The standard InChI is InChI=1S/C14H26N2O2/c1-13(2)12-11(4-5-18-12)14(13,15)8-16-9-6-10(7-9)17-3/h9-12,16H,4-8,15H2,1-3H3. The van der Waals surface area contributed by atoms with Gasteiger partial charge in [0.15, 0.2) is 0 Å². The number of hydrogen-bond acceptors (Lipinski definition) is 4. The Kier molecular flexibility index (Phi) is 2.98. The number of rotatable bonds is 4. The van der Waals surface area contributed by atoms with Gasteiger partial charge in [-0.2, -0.15) is 0 Å². The Labute approximate surface area is 110 Å². The molecule has 3 N–H and O–H groups in total. The van der Waals surface area contributed by atoms with Gasteiger partial charge in [0, 0.05) is 43.2 Å². The zero-order valence-electron chi connectivity index (χ0n) is 11.7. The fraction of sp³-hybridized carbons (Fsp3) is 1.00. The van der Waals surface area contributed by atoms with Crippen LogP contribution >= 0.6 is 0 Å². The highest BCUT2D eigenvalue weighted by atomic mass is 16.5. The maximum Gasteiger partial charge on any atom is 0.0691 e. The second kappa shape index (κ2) is 4.17. The molecule has 3 aliphatic rings. The third-order valence-electron chi connectivity index (χ3n) is 5.78. The first-order valence-corrected chi connectivity index (χ1v) is 7.15. The van der Waals surface area contributed by atoms with Crippen LogP contribution in [-0.2, 0) is 9.47 Å². The molecule has 104 valence electrons. The predicted molar refractivity (Wildman–Crippen MR) is 70.4 cm³/mol. The van der Waals surface area contributed by atoms with Crippen LogP contribution in [0.1, 0.15) is 33.1 Å². The molecule has 3 fully saturated rings. The number of nitrogens with one attached hydrogen (secondary N) is 1. The Morgan fingerprint density at radius 3 is 2.78 bits per heavy atom. The summed E-state index contributed by atoms with van der Waals surface area (Å²) < 4.78 is 11.1. The summed E-state index contributed by atoms with van der Waals surface area (Å²) in [5.74, 6) is 0.540. The molecule has 3 atom stereocenters. The van der Waals surface area contributed by atoms with Gasteiger partial charge in [0.1, 0.15) is 0 Å². The van der Waals surface area contributed by atoms with Gasteiger partial charge in [-0.1, -0.05) is 13.8 Å². The maximum absolute atomic E-state index is 6.69. The molecule has 18 heavy (non-hydrogen) atoms. The van der Waals surface area contributed by atoms with Gasteiger partial charge in [0.05, 0.1) is 12.2 Å². The average Bonchev–Trinajstić information content (AvgIpc) is 2.74. The summed E-state index contributed by atoms with van der Waals surface area (Å²) in [6, 6.07) is 0.590. The van der Waals surface area contributed by atoms with Crippen LogP contribution in [0.5, 0.6) is 0 Å². The maximum atomic E-state index is 6.69. The second-order valence-electron chi connectivity index (χ2n) is 6.86. The minimum Gasteiger partial charge on any atom is -0.381 e. The molecule has 0 spiro atoms. The Morgan fingerprint density at radius 2 is 2.11 bits per heavy atom. The Hall–Kier alpha value is -0.160. The molecule has 0 aromatic carbocycles. The monoisotopic (exact) mass is 254 g/mol. The summed E-state index contributed by atoms with van der Waals surface area (Å²) in [6.07, 6.45) is 4.19. The topological polar surface area (TPSA) is 56.5 Å². The zero-order chi connectivity index (χ0) is 13.0. The van der Waals surface area contributed by atoms with Crippen molar-refractivity contribution in [2.75, 3.05) is 20.3 Å². The van der Waals surface area contributed by atoms with Gasteiger partial charge in [-0.15, -0.1) is 0 Å². The Morgan fingerprint density at radius 1 is 1.39 bits per heavy atom. The Balaban J connectivity index is 1.55. The van der Waals surface area contributed by atoms with E-state index in [9.17, 15) is 0 Å². The van der Waals surface area contributed by atoms with Crippen LogP contribution in [0.4, 0.5) is 0 Å². The first kappa shape index (κ1) is 12.9. The fourth-order valence-electron chi connectivity index (χ4n) is 4.07. The Bertz CT molecular complexity index is 328. The van der Waals surface area contributed by atoms with E-state index in [1.807, 2.05) is 0 Å². The summed E-state index contributed by atoms with van der Waals surface area (Å²) in [6.45, 7) is 6.29. The molecule has 0 aromatic heterocycles. The van der Waals surface area contributed by atoms with E-state index in [-0.39, 0.29) is 11.0 Å². The molecule has 1 aliphatic heterocycles. The molecule has 2 aliphatic carbocycles. The molecule has 1 saturated heterocycles. The van der Waals surface area contributed by atoms with Gasteiger partial charge in [0.2, 0.25) is 0 Å². The number of nitrogens with two attached hydrogens (primary N) is 1. The van der Waals surface area contributed by atoms with E-state index in [4.69, 9.17) is 15.2 Å². The van der Waals surface area contributed by atoms with Crippen LogP contribution in [0, 0.1) is 11.3 Å². The minimum absolute atomic E-state index is 0.0889. The van der Waals surface area contributed by atoms with Crippen molar-refractivity contribution in [2.45, 2.75) is 56.9 Å². The van der Waals surface area contributed by atoms with Crippen molar-refractivity contribution in [3.05, 3.63) is 0 Å². The first-order valence-electron chi connectivity index (χ1n) is 7.15. The van der Waals surface area contributed by atoms with Crippen molar-refractivity contribution in [1.29, 1.82) is 0 Å².